The van der Waals surface area contributed by atoms with E-state index in [0.29, 0.717) is 17.1 Å². The lowest BCUT2D eigenvalue weighted by molar-refractivity contribution is -0.384. The largest absolute Gasteiger partial charge is 0.310 e. The van der Waals surface area contributed by atoms with Crippen LogP contribution in [0.4, 0.5) is 5.69 Å². The predicted octanol–water partition coefficient (Wildman–Crippen LogP) is 2.92. The lowest BCUT2D eigenvalue weighted by atomic mass is 10.1. The molecule has 0 saturated carbocycles. The summed E-state index contributed by atoms with van der Waals surface area (Å²) in [7, 11) is 0. The van der Waals surface area contributed by atoms with E-state index < -0.39 is 0 Å². The first-order valence-electron chi connectivity index (χ1n) is 6.41. The highest BCUT2D eigenvalue weighted by Crippen LogP contribution is 2.34. The molecule has 2 aromatic rings. The van der Waals surface area contributed by atoms with Crippen LogP contribution in [-0.2, 0) is 6.54 Å². The first kappa shape index (κ1) is 14.5. The van der Waals surface area contributed by atoms with Gasteiger partial charge in [-0.05, 0) is 25.5 Å². The minimum Gasteiger partial charge on any atom is -0.310 e. The zero-order chi connectivity index (χ0) is 14.5. The highest BCUT2D eigenvalue weighted by atomic mass is 32.1. The van der Waals surface area contributed by atoms with E-state index in [4.69, 9.17) is 0 Å². The van der Waals surface area contributed by atoms with Crippen molar-refractivity contribution in [1.29, 1.82) is 0 Å². The van der Waals surface area contributed by atoms with Gasteiger partial charge < -0.3 is 5.32 Å². The van der Waals surface area contributed by atoms with Crippen LogP contribution in [0.3, 0.4) is 0 Å². The first-order chi connectivity index (χ1) is 9.63. The Hall–Kier alpha value is -1.86. The Kier molecular flexibility index (Phi) is 4.75. The summed E-state index contributed by atoms with van der Waals surface area (Å²) in [6, 6.07) is 5.03. The maximum Gasteiger partial charge on any atom is 0.279 e. The molecule has 0 atom stereocenters. The molecule has 6 nitrogen and oxygen atoms in total. The Labute approximate surface area is 121 Å². The van der Waals surface area contributed by atoms with Gasteiger partial charge in [0.2, 0.25) is 0 Å². The van der Waals surface area contributed by atoms with E-state index in [9.17, 15) is 10.1 Å². The number of hydrogen-bond donors (Lipinski definition) is 1. The second-order valence-electron chi connectivity index (χ2n) is 4.40. The number of aryl methyl sites for hydroxylation is 1. The zero-order valence-corrected chi connectivity index (χ0v) is 12.2. The van der Waals surface area contributed by atoms with Gasteiger partial charge in [0.25, 0.3) is 5.69 Å². The molecule has 0 amide bonds. The Morgan fingerprint density at radius 2 is 2.20 bits per heavy atom. The molecule has 0 saturated heterocycles. The van der Waals surface area contributed by atoms with Gasteiger partial charge in [0.05, 0.1) is 10.5 Å². The van der Waals surface area contributed by atoms with Gasteiger partial charge in [-0.2, -0.15) is 0 Å². The summed E-state index contributed by atoms with van der Waals surface area (Å²) in [5, 5.41) is 24.0. The van der Waals surface area contributed by atoms with E-state index in [0.717, 1.165) is 23.5 Å². The van der Waals surface area contributed by atoms with Crippen molar-refractivity contribution in [3.8, 4) is 10.6 Å². The van der Waals surface area contributed by atoms with Crippen molar-refractivity contribution in [2.45, 2.75) is 26.8 Å². The molecule has 1 N–H and O–H groups in total. The van der Waals surface area contributed by atoms with Crippen LogP contribution >= 0.6 is 11.3 Å². The Bertz CT molecular complexity index is 612. The summed E-state index contributed by atoms with van der Waals surface area (Å²) in [5.41, 5.74) is 1.48. The maximum atomic E-state index is 11.1. The third-order valence-electron chi connectivity index (χ3n) is 2.83. The maximum absolute atomic E-state index is 11.1. The van der Waals surface area contributed by atoms with Crippen LogP contribution in [-0.4, -0.2) is 21.7 Å². The molecule has 0 aliphatic heterocycles. The number of nitro groups is 1. The molecule has 2 rings (SSSR count). The van der Waals surface area contributed by atoms with E-state index in [1.54, 1.807) is 6.07 Å². The van der Waals surface area contributed by atoms with Crippen LogP contribution < -0.4 is 5.32 Å². The number of rotatable bonds is 6. The molecule has 0 spiro atoms. The predicted molar refractivity (Wildman–Crippen MR) is 78.7 cm³/mol. The van der Waals surface area contributed by atoms with Crippen molar-refractivity contribution < 1.29 is 4.92 Å². The van der Waals surface area contributed by atoms with E-state index in [-0.39, 0.29) is 10.6 Å². The van der Waals surface area contributed by atoms with Gasteiger partial charge in [-0.25, -0.2) is 0 Å². The topological polar surface area (TPSA) is 81.0 Å². The second-order valence-corrected chi connectivity index (χ2v) is 5.47. The van der Waals surface area contributed by atoms with Crippen LogP contribution in [0.5, 0.6) is 0 Å². The molecule has 0 bridgehead atoms. The van der Waals surface area contributed by atoms with Crippen LogP contribution in [0.2, 0.25) is 0 Å². The fourth-order valence-electron chi connectivity index (χ4n) is 1.88. The smallest absolute Gasteiger partial charge is 0.279 e. The molecule has 1 aromatic heterocycles. The van der Waals surface area contributed by atoms with Crippen molar-refractivity contribution in [3.05, 3.63) is 38.9 Å². The molecule has 106 valence electrons. The summed E-state index contributed by atoms with van der Waals surface area (Å²) in [5.74, 6) is 0. The normalized spacial score (nSPS) is 10.7. The van der Waals surface area contributed by atoms with E-state index in [1.807, 2.05) is 13.0 Å². The molecular weight excluding hydrogens is 276 g/mol. The van der Waals surface area contributed by atoms with Gasteiger partial charge in [-0.1, -0.05) is 30.4 Å². The minimum absolute atomic E-state index is 0.0780. The molecule has 7 heteroatoms. The van der Waals surface area contributed by atoms with Crippen molar-refractivity contribution in [3.63, 3.8) is 0 Å². The number of benzene rings is 1. The number of nitrogens with zero attached hydrogens (tertiary/aromatic N) is 3. The Morgan fingerprint density at radius 1 is 1.40 bits per heavy atom. The summed E-state index contributed by atoms with van der Waals surface area (Å²) in [4.78, 5) is 10.7. The number of nitrogens with one attached hydrogen (secondary N) is 1. The number of nitro benzene ring substituents is 1. The highest BCUT2D eigenvalue weighted by molar-refractivity contribution is 7.14. The van der Waals surface area contributed by atoms with Crippen LogP contribution in [0, 0.1) is 17.0 Å². The van der Waals surface area contributed by atoms with Crippen LogP contribution in [0.1, 0.15) is 23.9 Å². The first-order valence-corrected chi connectivity index (χ1v) is 7.22. The average Bonchev–Trinajstić information content (AvgIpc) is 2.87. The molecule has 1 heterocycles. The van der Waals surface area contributed by atoms with Gasteiger partial charge in [0.1, 0.15) is 5.01 Å². The molecular formula is C13H16N4O2S. The molecule has 0 aliphatic rings. The molecule has 0 aliphatic carbocycles. The standard InChI is InChI=1S/C13H16N4O2S/c1-3-7-14-8-11-15-16-13(20-11)12-9(2)5-4-6-10(12)17(18)19/h4-6,14H,3,7-8H2,1-2H3. The summed E-state index contributed by atoms with van der Waals surface area (Å²) in [6.45, 7) is 5.50. The van der Waals surface area contributed by atoms with Crippen molar-refractivity contribution in [2.24, 2.45) is 0 Å². The summed E-state index contributed by atoms with van der Waals surface area (Å²) in [6.07, 6.45) is 1.05. The fraction of sp³-hybridized carbons (Fsp3) is 0.385. The minimum atomic E-state index is -0.376. The van der Waals surface area contributed by atoms with Crippen molar-refractivity contribution in [2.75, 3.05) is 6.54 Å². The van der Waals surface area contributed by atoms with Gasteiger partial charge >= 0.3 is 0 Å². The van der Waals surface area contributed by atoms with Crippen molar-refractivity contribution >= 4 is 17.0 Å². The highest BCUT2D eigenvalue weighted by Gasteiger charge is 2.20. The zero-order valence-electron chi connectivity index (χ0n) is 11.4. The van der Waals surface area contributed by atoms with E-state index >= 15 is 0 Å². The Balaban J connectivity index is 2.30. The molecule has 1 aromatic carbocycles. The van der Waals surface area contributed by atoms with E-state index in [2.05, 4.69) is 22.4 Å². The summed E-state index contributed by atoms with van der Waals surface area (Å²) < 4.78 is 0. The van der Waals surface area contributed by atoms with Gasteiger partial charge in [0.15, 0.2) is 5.01 Å². The summed E-state index contributed by atoms with van der Waals surface area (Å²) >= 11 is 1.39. The third kappa shape index (κ3) is 3.17. The Morgan fingerprint density at radius 3 is 2.90 bits per heavy atom. The van der Waals surface area contributed by atoms with Gasteiger partial charge in [-0.3, -0.25) is 10.1 Å². The molecule has 0 radical (unpaired) electrons. The van der Waals surface area contributed by atoms with Crippen LogP contribution in [0.15, 0.2) is 18.2 Å². The number of hydrogen-bond acceptors (Lipinski definition) is 6. The van der Waals surface area contributed by atoms with E-state index in [1.165, 1.54) is 17.4 Å². The van der Waals surface area contributed by atoms with Crippen molar-refractivity contribution in [1.82, 2.24) is 15.5 Å². The third-order valence-corrected chi connectivity index (χ3v) is 3.77. The monoisotopic (exact) mass is 292 g/mol. The molecule has 20 heavy (non-hydrogen) atoms. The van der Waals surface area contributed by atoms with Gasteiger partial charge in [-0.15, -0.1) is 10.2 Å². The fourth-order valence-corrected chi connectivity index (χ4v) is 2.81. The number of aromatic nitrogens is 2. The average molecular weight is 292 g/mol. The van der Waals surface area contributed by atoms with Crippen LogP contribution in [0.25, 0.3) is 10.6 Å². The quantitative estimate of drug-likeness (QED) is 0.503. The van der Waals surface area contributed by atoms with Gasteiger partial charge in [0, 0.05) is 12.6 Å². The lowest BCUT2D eigenvalue weighted by Crippen LogP contribution is -2.13. The molecule has 0 unspecified atom stereocenters. The lowest BCUT2D eigenvalue weighted by Gasteiger charge is -2.02. The SMILES string of the molecule is CCCNCc1nnc(-c2c(C)cccc2[N+](=O)[O-])s1. The molecule has 0 fully saturated rings. The second kappa shape index (κ2) is 6.53.